The van der Waals surface area contributed by atoms with Crippen LogP contribution in [0, 0.1) is 0 Å². The summed E-state index contributed by atoms with van der Waals surface area (Å²) in [7, 11) is 0. The van der Waals surface area contributed by atoms with Gasteiger partial charge in [0.25, 0.3) is 0 Å². The van der Waals surface area contributed by atoms with Gasteiger partial charge in [-0.3, -0.25) is 10.3 Å². The summed E-state index contributed by atoms with van der Waals surface area (Å²) in [6.45, 7) is 9.42. The number of hydrogen-bond acceptors (Lipinski definition) is 6. The third-order valence-electron chi connectivity index (χ3n) is 3.46. The van der Waals surface area contributed by atoms with Gasteiger partial charge in [-0.2, -0.15) is 0 Å². The average molecular weight is 423 g/mol. The molecule has 0 unspecified atom stereocenters. The van der Waals surface area contributed by atoms with E-state index in [1.807, 2.05) is 6.92 Å². The van der Waals surface area contributed by atoms with Crippen LogP contribution in [-0.2, 0) is 11.3 Å². The minimum Gasteiger partial charge on any atom is -0.465 e. The Morgan fingerprint density at radius 3 is 2.27 bits per heavy atom. The number of carboxylic acid groups (broad SMARTS) is 2. The van der Waals surface area contributed by atoms with Crippen LogP contribution >= 0.6 is 0 Å². The number of benzene rings is 1. The second-order valence-corrected chi connectivity index (χ2v) is 7.13. The number of guanidine groups is 1. The Morgan fingerprint density at radius 2 is 1.77 bits per heavy atom. The Hall–Kier alpha value is -3.50. The molecule has 0 radical (unpaired) electrons. The minimum absolute atomic E-state index is 0.141. The Kier molecular flexibility index (Phi) is 8.90. The Balaban J connectivity index is 3.12. The summed E-state index contributed by atoms with van der Waals surface area (Å²) < 4.78 is 5.21. The molecule has 0 aliphatic heterocycles. The molecule has 0 bridgehead atoms. The molecule has 0 atom stereocenters. The first-order valence-electron chi connectivity index (χ1n) is 9.38. The molecular weight excluding hydrogens is 394 g/mol. The Labute approximate surface area is 175 Å². The number of nitrogens with zero attached hydrogens (tertiary/aromatic N) is 2. The van der Waals surface area contributed by atoms with Crippen LogP contribution in [0.2, 0.25) is 0 Å². The highest BCUT2D eigenvalue weighted by Crippen LogP contribution is 2.23. The summed E-state index contributed by atoms with van der Waals surface area (Å²) in [6, 6.07) is 4.95. The van der Waals surface area contributed by atoms with E-state index in [2.05, 4.69) is 20.9 Å². The zero-order valence-electron chi connectivity index (χ0n) is 17.8. The number of carbonyl (C=O) groups excluding carboxylic acids is 1. The number of aliphatic imine (C=N–C) groups is 1. The van der Waals surface area contributed by atoms with E-state index in [-0.39, 0.29) is 17.4 Å². The van der Waals surface area contributed by atoms with Crippen molar-refractivity contribution >= 4 is 35.6 Å². The maximum absolute atomic E-state index is 12.0. The summed E-state index contributed by atoms with van der Waals surface area (Å²) in [6.07, 6.45) is -3.85. The van der Waals surface area contributed by atoms with Crippen molar-refractivity contribution in [2.45, 2.75) is 46.8 Å². The molecule has 0 saturated carbocycles. The molecule has 0 heterocycles. The fourth-order valence-corrected chi connectivity index (χ4v) is 2.36. The first-order valence-corrected chi connectivity index (χ1v) is 9.38. The highest BCUT2D eigenvalue weighted by atomic mass is 16.6. The van der Waals surface area contributed by atoms with Crippen LogP contribution < -0.4 is 16.0 Å². The largest absolute Gasteiger partial charge is 0.465 e. The number of nitrogens with one attached hydrogen (secondary N) is 3. The third-order valence-corrected chi connectivity index (χ3v) is 3.46. The van der Waals surface area contributed by atoms with Crippen molar-refractivity contribution in [1.82, 2.24) is 10.2 Å². The average Bonchev–Trinajstić information content (AvgIpc) is 2.59. The van der Waals surface area contributed by atoms with Crippen molar-refractivity contribution in [3.05, 3.63) is 23.8 Å². The zero-order chi connectivity index (χ0) is 22.9. The number of imide groups is 1. The topological polar surface area (TPSA) is 153 Å². The molecule has 30 heavy (non-hydrogen) atoms. The second-order valence-electron chi connectivity index (χ2n) is 7.13. The van der Waals surface area contributed by atoms with E-state index in [4.69, 9.17) is 14.9 Å². The molecule has 1 aromatic rings. The van der Waals surface area contributed by atoms with Crippen LogP contribution in [-0.4, -0.2) is 58.0 Å². The van der Waals surface area contributed by atoms with E-state index in [0.29, 0.717) is 30.0 Å². The predicted molar refractivity (Wildman–Crippen MR) is 113 cm³/mol. The first-order chi connectivity index (χ1) is 14.0. The van der Waals surface area contributed by atoms with Gasteiger partial charge in [0.15, 0.2) is 0 Å². The molecule has 0 aliphatic rings. The second kappa shape index (κ2) is 10.9. The van der Waals surface area contributed by atoms with Crippen LogP contribution in [0.1, 0.15) is 40.2 Å². The summed E-state index contributed by atoms with van der Waals surface area (Å²) in [5, 5.41) is 26.8. The van der Waals surface area contributed by atoms with Crippen LogP contribution in [0.3, 0.4) is 0 Å². The van der Waals surface area contributed by atoms with E-state index in [9.17, 15) is 14.4 Å². The zero-order valence-corrected chi connectivity index (χ0v) is 17.8. The summed E-state index contributed by atoms with van der Waals surface area (Å²) in [5.74, 6) is 0.141. The number of alkyl carbamates (subject to hydrolysis) is 1. The maximum Gasteiger partial charge on any atom is 0.417 e. The molecule has 0 spiro atoms. The van der Waals surface area contributed by atoms with Gasteiger partial charge in [-0.1, -0.05) is 0 Å². The lowest BCUT2D eigenvalue weighted by atomic mass is 10.1. The maximum atomic E-state index is 12.0. The summed E-state index contributed by atoms with van der Waals surface area (Å²) in [5.41, 5.74) is 0.814. The molecule has 11 nitrogen and oxygen atoms in total. The highest BCUT2D eigenvalue weighted by molar-refractivity contribution is 6.02. The standard InChI is InChI=1S/C19H29N5O6/c1-6-20-14-9-8-13(10-12(14)11-24(17(26)27)18(28)29)22-15(21-7-2)23-16(25)30-19(3,4)5/h8-10,20H,6-7,11H2,1-5H3,(H,26,27)(H,28,29)(H2,21,22,23,25). The van der Waals surface area contributed by atoms with E-state index >= 15 is 0 Å². The molecule has 3 amide bonds. The van der Waals surface area contributed by atoms with Gasteiger partial charge in [0.05, 0.1) is 6.54 Å². The normalized spacial score (nSPS) is 11.4. The van der Waals surface area contributed by atoms with Crippen molar-refractivity contribution < 1.29 is 29.3 Å². The number of amides is 3. The Bertz CT molecular complexity index is 789. The van der Waals surface area contributed by atoms with E-state index in [1.165, 1.54) is 0 Å². The van der Waals surface area contributed by atoms with Gasteiger partial charge in [0, 0.05) is 24.5 Å². The lowest BCUT2D eigenvalue weighted by Crippen LogP contribution is -2.40. The van der Waals surface area contributed by atoms with Gasteiger partial charge in [0.2, 0.25) is 5.96 Å². The van der Waals surface area contributed by atoms with Crippen LogP contribution in [0.15, 0.2) is 23.2 Å². The minimum atomic E-state index is -1.58. The number of anilines is 2. The number of ether oxygens (including phenoxy) is 1. The monoisotopic (exact) mass is 423 g/mol. The SMILES string of the molecule is CCN=C(NC(=O)OC(C)(C)C)Nc1ccc(NCC)c(CN(C(=O)O)C(=O)O)c1. The third kappa shape index (κ3) is 8.25. The van der Waals surface area contributed by atoms with Gasteiger partial charge in [-0.25, -0.2) is 19.3 Å². The Morgan fingerprint density at radius 1 is 1.13 bits per heavy atom. The van der Waals surface area contributed by atoms with Crippen molar-refractivity contribution in [3.8, 4) is 0 Å². The molecule has 1 rings (SSSR count). The summed E-state index contributed by atoms with van der Waals surface area (Å²) in [4.78, 5) is 38.9. The first kappa shape index (κ1) is 24.5. The van der Waals surface area contributed by atoms with E-state index < -0.39 is 23.9 Å². The molecule has 1 aromatic carbocycles. The van der Waals surface area contributed by atoms with Crippen molar-refractivity contribution in [2.24, 2.45) is 4.99 Å². The van der Waals surface area contributed by atoms with Crippen molar-refractivity contribution in [3.63, 3.8) is 0 Å². The predicted octanol–water partition coefficient (Wildman–Crippen LogP) is 3.59. The number of carbonyl (C=O) groups is 3. The molecule has 0 aliphatic carbocycles. The van der Waals surface area contributed by atoms with Gasteiger partial charge in [0.1, 0.15) is 5.60 Å². The van der Waals surface area contributed by atoms with E-state index in [1.54, 1.807) is 45.9 Å². The van der Waals surface area contributed by atoms with Gasteiger partial charge in [-0.15, -0.1) is 0 Å². The van der Waals surface area contributed by atoms with Crippen molar-refractivity contribution in [1.29, 1.82) is 0 Å². The molecule has 0 saturated heterocycles. The molecule has 166 valence electrons. The van der Waals surface area contributed by atoms with Crippen LogP contribution in [0.4, 0.5) is 25.8 Å². The summed E-state index contributed by atoms with van der Waals surface area (Å²) >= 11 is 0. The smallest absolute Gasteiger partial charge is 0.417 e. The molecule has 11 heteroatoms. The lowest BCUT2D eigenvalue weighted by molar-refractivity contribution is 0.0562. The van der Waals surface area contributed by atoms with Crippen molar-refractivity contribution in [2.75, 3.05) is 23.7 Å². The number of rotatable bonds is 6. The van der Waals surface area contributed by atoms with Gasteiger partial charge >= 0.3 is 18.3 Å². The quantitative estimate of drug-likeness (QED) is 0.344. The lowest BCUT2D eigenvalue weighted by Gasteiger charge is -2.21. The highest BCUT2D eigenvalue weighted by Gasteiger charge is 2.22. The molecular formula is C19H29N5O6. The van der Waals surface area contributed by atoms with E-state index in [0.717, 1.165) is 0 Å². The fraction of sp³-hybridized carbons (Fsp3) is 0.474. The molecule has 0 aromatic heterocycles. The number of hydrogen-bond donors (Lipinski definition) is 5. The van der Waals surface area contributed by atoms with Crippen LogP contribution in [0.25, 0.3) is 0 Å². The molecule has 5 N–H and O–H groups in total. The van der Waals surface area contributed by atoms with Gasteiger partial charge < -0.3 is 25.6 Å². The molecule has 0 fully saturated rings. The fourth-order valence-electron chi connectivity index (χ4n) is 2.36. The van der Waals surface area contributed by atoms with Crippen LogP contribution in [0.5, 0.6) is 0 Å². The van der Waals surface area contributed by atoms with Gasteiger partial charge in [-0.05, 0) is 58.4 Å².